The van der Waals surface area contributed by atoms with Crippen molar-refractivity contribution in [2.75, 3.05) is 6.61 Å². The van der Waals surface area contributed by atoms with E-state index in [1.54, 1.807) is 0 Å². The van der Waals surface area contributed by atoms with E-state index in [1.807, 2.05) is 0 Å². The van der Waals surface area contributed by atoms with E-state index in [-0.39, 0.29) is 0 Å². The topological polar surface area (TPSA) is 20.2 Å². The van der Waals surface area contributed by atoms with Crippen molar-refractivity contribution in [3.05, 3.63) is 0 Å². The largest absolute Gasteiger partial charge is 0.396 e. The van der Waals surface area contributed by atoms with Crippen LogP contribution in [0.3, 0.4) is 0 Å². The molecule has 2 atom stereocenters. The minimum Gasteiger partial charge on any atom is -0.396 e. The molecular weight excluding hydrogens is 124 g/mol. The van der Waals surface area contributed by atoms with E-state index in [0.29, 0.717) is 6.61 Å². The van der Waals surface area contributed by atoms with Gasteiger partial charge in [-0.05, 0) is 24.7 Å². The molecule has 0 aromatic carbocycles. The summed E-state index contributed by atoms with van der Waals surface area (Å²) in [6.07, 6.45) is 6.49. The molecule has 10 heavy (non-hydrogen) atoms. The predicted octanol–water partition coefficient (Wildman–Crippen LogP) is 2.20. The first-order valence-electron chi connectivity index (χ1n) is 4.45. The number of hydrogen-bond donors (Lipinski definition) is 1. The third-order valence-corrected chi connectivity index (χ3v) is 2.77. The van der Waals surface area contributed by atoms with Gasteiger partial charge in [-0.15, -0.1) is 0 Å². The summed E-state index contributed by atoms with van der Waals surface area (Å²) in [5, 5.41) is 8.61. The fourth-order valence-corrected chi connectivity index (χ4v) is 2.00. The van der Waals surface area contributed by atoms with Gasteiger partial charge in [-0.2, -0.15) is 0 Å². The summed E-state index contributed by atoms with van der Waals surface area (Å²) in [5.74, 6) is 1.85. The maximum absolute atomic E-state index is 8.61. The summed E-state index contributed by atoms with van der Waals surface area (Å²) in [7, 11) is 0. The molecule has 1 fully saturated rings. The standard InChI is InChI=1S/C9H18O/c1-8-4-2-5-9(8)6-3-7-10/h8-10H,2-7H2,1H3/t8-,9+/m1/s1. The second-order valence-electron chi connectivity index (χ2n) is 3.53. The van der Waals surface area contributed by atoms with E-state index in [9.17, 15) is 0 Å². The van der Waals surface area contributed by atoms with Crippen LogP contribution >= 0.6 is 0 Å². The van der Waals surface area contributed by atoms with Crippen molar-refractivity contribution in [2.45, 2.75) is 39.0 Å². The molecule has 1 N–H and O–H groups in total. The fraction of sp³-hybridized carbons (Fsp3) is 1.00. The quantitative estimate of drug-likeness (QED) is 0.640. The lowest BCUT2D eigenvalue weighted by Gasteiger charge is -2.13. The van der Waals surface area contributed by atoms with Gasteiger partial charge in [0.15, 0.2) is 0 Å². The SMILES string of the molecule is C[C@@H]1CCC[C@H]1CCCO. The molecule has 0 saturated heterocycles. The third kappa shape index (κ3) is 1.98. The van der Waals surface area contributed by atoms with Gasteiger partial charge in [-0.1, -0.05) is 26.2 Å². The minimum absolute atomic E-state index is 0.378. The van der Waals surface area contributed by atoms with Crippen LogP contribution in [0.15, 0.2) is 0 Å². The zero-order valence-corrected chi connectivity index (χ0v) is 6.84. The second kappa shape index (κ2) is 3.97. The summed E-state index contributed by atoms with van der Waals surface area (Å²) in [4.78, 5) is 0. The van der Waals surface area contributed by atoms with E-state index in [0.717, 1.165) is 18.3 Å². The monoisotopic (exact) mass is 142 g/mol. The van der Waals surface area contributed by atoms with Crippen LogP contribution in [0, 0.1) is 11.8 Å². The molecule has 1 aliphatic carbocycles. The summed E-state index contributed by atoms with van der Waals surface area (Å²) < 4.78 is 0. The molecule has 0 aliphatic heterocycles. The molecule has 1 saturated carbocycles. The second-order valence-corrected chi connectivity index (χ2v) is 3.53. The Hall–Kier alpha value is -0.0400. The van der Waals surface area contributed by atoms with Gasteiger partial charge in [0.1, 0.15) is 0 Å². The Kier molecular flexibility index (Phi) is 3.20. The first-order valence-corrected chi connectivity index (χ1v) is 4.45. The average molecular weight is 142 g/mol. The zero-order chi connectivity index (χ0) is 7.40. The molecule has 0 aromatic heterocycles. The Morgan fingerprint density at radius 2 is 2.20 bits per heavy atom. The van der Waals surface area contributed by atoms with Crippen LogP contribution in [0.25, 0.3) is 0 Å². The van der Waals surface area contributed by atoms with Gasteiger partial charge in [0.2, 0.25) is 0 Å². The smallest absolute Gasteiger partial charge is 0.0431 e. The van der Waals surface area contributed by atoms with Crippen LogP contribution in [0.5, 0.6) is 0 Å². The van der Waals surface area contributed by atoms with Gasteiger partial charge < -0.3 is 5.11 Å². The normalized spacial score (nSPS) is 33.0. The summed E-state index contributed by atoms with van der Waals surface area (Å²) in [5.41, 5.74) is 0. The molecule has 1 aliphatic rings. The highest BCUT2D eigenvalue weighted by molar-refractivity contribution is 4.73. The van der Waals surface area contributed by atoms with Crippen molar-refractivity contribution in [2.24, 2.45) is 11.8 Å². The molecule has 1 heteroatoms. The lowest BCUT2D eigenvalue weighted by atomic mass is 9.93. The Balaban J connectivity index is 2.14. The molecule has 0 amide bonds. The Labute approximate surface area is 63.4 Å². The summed E-state index contributed by atoms with van der Waals surface area (Å²) >= 11 is 0. The first kappa shape index (κ1) is 8.06. The van der Waals surface area contributed by atoms with Crippen LogP contribution in [0.1, 0.15) is 39.0 Å². The molecule has 1 nitrogen and oxygen atoms in total. The highest BCUT2D eigenvalue weighted by Crippen LogP contribution is 2.33. The molecule has 60 valence electrons. The van der Waals surface area contributed by atoms with Crippen LogP contribution in [-0.2, 0) is 0 Å². The lowest BCUT2D eigenvalue weighted by molar-refractivity contribution is 0.261. The fourth-order valence-electron chi connectivity index (χ4n) is 2.00. The van der Waals surface area contributed by atoms with Crippen molar-refractivity contribution in [3.63, 3.8) is 0 Å². The van der Waals surface area contributed by atoms with Gasteiger partial charge in [0.25, 0.3) is 0 Å². The van der Waals surface area contributed by atoms with Crippen LogP contribution in [0.2, 0.25) is 0 Å². The molecule has 0 heterocycles. The van der Waals surface area contributed by atoms with Crippen LogP contribution in [-0.4, -0.2) is 11.7 Å². The molecular formula is C9H18O. The van der Waals surface area contributed by atoms with Gasteiger partial charge >= 0.3 is 0 Å². The van der Waals surface area contributed by atoms with Crippen LogP contribution in [0.4, 0.5) is 0 Å². The molecule has 0 radical (unpaired) electrons. The maximum atomic E-state index is 8.61. The third-order valence-electron chi connectivity index (χ3n) is 2.77. The highest BCUT2D eigenvalue weighted by Gasteiger charge is 2.21. The van der Waals surface area contributed by atoms with E-state index in [2.05, 4.69) is 6.92 Å². The van der Waals surface area contributed by atoms with E-state index in [1.165, 1.54) is 25.7 Å². The van der Waals surface area contributed by atoms with Gasteiger partial charge in [-0.3, -0.25) is 0 Å². The minimum atomic E-state index is 0.378. The van der Waals surface area contributed by atoms with Crippen molar-refractivity contribution in [1.29, 1.82) is 0 Å². The van der Waals surface area contributed by atoms with E-state index < -0.39 is 0 Å². The van der Waals surface area contributed by atoms with Crippen molar-refractivity contribution in [3.8, 4) is 0 Å². The van der Waals surface area contributed by atoms with Crippen molar-refractivity contribution in [1.82, 2.24) is 0 Å². The van der Waals surface area contributed by atoms with Crippen molar-refractivity contribution >= 4 is 0 Å². The van der Waals surface area contributed by atoms with Crippen LogP contribution < -0.4 is 0 Å². The number of hydrogen-bond acceptors (Lipinski definition) is 1. The number of aliphatic hydroxyl groups excluding tert-OH is 1. The lowest BCUT2D eigenvalue weighted by Crippen LogP contribution is -2.04. The predicted molar refractivity (Wildman–Crippen MR) is 42.8 cm³/mol. The van der Waals surface area contributed by atoms with Crippen molar-refractivity contribution < 1.29 is 5.11 Å². The molecule has 0 spiro atoms. The van der Waals surface area contributed by atoms with E-state index in [4.69, 9.17) is 5.11 Å². The average Bonchev–Trinajstić information content (AvgIpc) is 2.31. The molecule has 0 bridgehead atoms. The Bertz CT molecular complexity index is 90.7. The Morgan fingerprint density at radius 3 is 2.70 bits per heavy atom. The highest BCUT2D eigenvalue weighted by atomic mass is 16.2. The summed E-state index contributed by atoms with van der Waals surface area (Å²) in [6.45, 7) is 2.72. The van der Waals surface area contributed by atoms with Gasteiger partial charge in [0.05, 0.1) is 0 Å². The first-order chi connectivity index (χ1) is 4.84. The Morgan fingerprint density at radius 1 is 1.40 bits per heavy atom. The molecule has 0 unspecified atom stereocenters. The molecule has 0 aromatic rings. The van der Waals surface area contributed by atoms with Gasteiger partial charge in [0, 0.05) is 6.61 Å². The van der Waals surface area contributed by atoms with Gasteiger partial charge in [-0.25, -0.2) is 0 Å². The number of rotatable bonds is 3. The summed E-state index contributed by atoms with van der Waals surface area (Å²) in [6, 6.07) is 0. The zero-order valence-electron chi connectivity index (χ0n) is 6.84. The maximum Gasteiger partial charge on any atom is 0.0431 e. The number of aliphatic hydroxyl groups is 1. The molecule has 1 rings (SSSR count). The van der Waals surface area contributed by atoms with E-state index >= 15 is 0 Å².